The minimum absolute atomic E-state index is 0.138. The molecule has 158 valence electrons. The van der Waals surface area contributed by atoms with Crippen LogP contribution in [-0.2, 0) is 4.43 Å². The van der Waals surface area contributed by atoms with Crippen LogP contribution in [0.1, 0.15) is 72.0 Å². The van der Waals surface area contributed by atoms with E-state index in [1.54, 1.807) is 6.07 Å². The van der Waals surface area contributed by atoms with Gasteiger partial charge in [0.1, 0.15) is 5.82 Å². The van der Waals surface area contributed by atoms with Crippen LogP contribution in [-0.4, -0.2) is 8.32 Å². The van der Waals surface area contributed by atoms with Gasteiger partial charge in [-0.15, -0.1) is 0 Å². The summed E-state index contributed by atoms with van der Waals surface area (Å²) < 4.78 is 21.1. The molecule has 0 bridgehead atoms. The van der Waals surface area contributed by atoms with Gasteiger partial charge < -0.3 is 4.43 Å². The Balaban J connectivity index is 1.78. The molecule has 0 aliphatic heterocycles. The lowest BCUT2D eigenvalue weighted by molar-refractivity contribution is 0.165. The molecule has 1 nitrogen and oxygen atoms in total. The largest absolute Gasteiger partial charge is 0.410 e. The fourth-order valence-electron chi connectivity index (χ4n) is 5.63. The zero-order chi connectivity index (χ0) is 20.7. The molecule has 0 amide bonds. The molecule has 0 saturated heterocycles. The molecule has 3 rings (SSSR count). The summed E-state index contributed by atoms with van der Waals surface area (Å²) in [5.41, 5.74) is 1.22. The van der Waals surface area contributed by atoms with Crippen molar-refractivity contribution in [2.45, 2.75) is 84.5 Å². The number of hydrogen-bond donors (Lipinski definition) is 0. The lowest BCUT2D eigenvalue weighted by Crippen LogP contribution is -2.37. The van der Waals surface area contributed by atoms with Gasteiger partial charge in [-0.1, -0.05) is 57.8 Å². The summed E-state index contributed by atoms with van der Waals surface area (Å²) >= 11 is 12.9. The molecule has 2 aliphatic carbocycles. The van der Waals surface area contributed by atoms with E-state index in [1.807, 2.05) is 0 Å². The standard InChI is InChI=1S/C23H35Cl2FOSi/c1-6-28(7-2,8-3)27-20(21-18(24)10-11-19(26)22(21)25)12-9-15-13-16-17(14-15)23(16,4)5/h10-11,15-17,20H,6-9,12-14H2,1-5H3/t15?,16-,17+,20?. The topological polar surface area (TPSA) is 9.23 Å². The van der Waals surface area contributed by atoms with Gasteiger partial charge in [0.05, 0.1) is 11.1 Å². The molecule has 5 heteroatoms. The predicted octanol–water partition coefficient (Wildman–Crippen LogP) is 8.66. The number of fused-ring (bicyclic) bond motifs is 1. The van der Waals surface area contributed by atoms with Crippen molar-refractivity contribution in [2.75, 3.05) is 0 Å². The van der Waals surface area contributed by atoms with Gasteiger partial charge in [0.2, 0.25) is 0 Å². The van der Waals surface area contributed by atoms with Gasteiger partial charge in [-0.25, -0.2) is 4.39 Å². The average molecular weight is 446 g/mol. The number of hydrogen-bond acceptors (Lipinski definition) is 1. The van der Waals surface area contributed by atoms with Crippen LogP contribution < -0.4 is 0 Å². The number of rotatable bonds is 9. The Hall–Kier alpha value is -0.0931. The monoisotopic (exact) mass is 444 g/mol. The molecule has 2 aliphatic rings. The highest BCUT2D eigenvalue weighted by atomic mass is 35.5. The first kappa shape index (κ1) is 22.6. The molecule has 2 fully saturated rings. The van der Waals surface area contributed by atoms with Gasteiger partial charge in [0.25, 0.3) is 0 Å². The van der Waals surface area contributed by atoms with Crippen LogP contribution in [0.2, 0.25) is 28.2 Å². The molecule has 0 heterocycles. The first-order valence-corrected chi connectivity index (χ1v) is 14.3. The van der Waals surface area contributed by atoms with Gasteiger partial charge in [0, 0.05) is 10.6 Å². The fraction of sp³-hybridized carbons (Fsp3) is 0.739. The minimum atomic E-state index is -1.87. The Morgan fingerprint density at radius 3 is 2.21 bits per heavy atom. The van der Waals surface area contributed by atoms with Gasteiger partial charge in [-0.2, -0.15) is 0 Å². The van der Waals surface area contributed by atoms with Gasteiger partial charge in [-0.05, 0) is 79.1 Å². The second kappa shape index (κ2) is 8.57. The second-order valence-corrected chi connectivity index (χ2v) is 15.1. The summed E-state index contributed by atoms with van der Waals surface area (Å²) in [5.74, 6) is 2.14. The Morgan fingerprint density at radius 1 is 1.11 bits per heavy atom. The van der Waals surface area contributed by atoms with E-state index in [2.05, 4.69) is 34.6 Å². The Kier molecular flexibility index (Phi) is 6.91. The van der Waals surface area contributed by atoms with Crippen LogP contribution in [0.25, 0.3) is 0 Å². The molecule has 1 aromatic rings. The third-order valence-corrected chi connectivity index (χ3v) is 13.4. The highest BCUT2D eigenvalue weighted by Crippen LogP contribution is 2.68. The van der Waals surface area contributed by atoms with E-state index in [4.69, 9.17) is 27.6 Å². The Morgan fingerprint density at radius 2 is 1.68 bits per heavy atom. The van der Waals surface area contributed by atoms with Crippen LogP contribution in [0.5, 0.6) is 0 Å². The maximum atomic E-state index is 14.2. The van der Waals surface area contributed by atoms with Crippen molar-refractivity contribution in [2.24, 2.45) is 23.2 Å². The van der Waals surface area contributed by atoms with Crippen molar-refractivity contribution in [1.29, 1.82) is 0 Å². The molecule has 0 spiro atoms. The van der Waals surface area contributed by atoms with Crippen LogP contribution in [0.15, 0.2) is 12.1 Å². The van der Waals surface area contributed by atoms with Crippen LogP contribution >= 0.6 is 23.2 Å². The molecule has 28 heavy (non-hydrogen) atoms. The molecule has 0 aromatic heterocycles. The van der Waals surface area contributed by atoms with Crippen LogP contribution in [0, 0.1) is 29.0 Å². The van der Waals surface area contributed by atoms with Crippen molar-refractivity contribution in [3.8, 4) is 0 Å². The first-order valence-electron chi connectivity index (χ1n) is 11.0. The second-order valence-electron chi connectivity index (χ2n) is 9.56. The lowest BCUT2D eigenvalue weighted by atomic mass is 9.88. The first-order chi connectivity index (χ1) is 13.2. The Labute approximate surface area is 181 Å². The van der Waals surface area contributed by atoms with E-state index in [1.165, 1.54) is 18.9 Å². The van der Waals surface area contributed by atoms with Crippen LogP contribution in [0.3, 0.4) is 0 Å². The predicted molar refractivity (Wildman–Crippen MR) is 120 cm³/mol. The molecular formula is C23H35Cl2FOSi. The summed E-state index contributed by atoms with van der Waals surface area (Å²) in [7, 11) is -1.87. The zero-order valence-corrected chi connectivity index (χ0v) is 20.5. The molecule has 4 atom stereocenters. The summed E-state index contributed by atoms with van der Waals surface area (Å²) in [4.78, 5) is 0. The van der Waals surface area contributed by atoms with E-state index in [9.17, 15) is 4.39 Å². The molecule has 2 saturated carbocycles. The Bertz CT molecular complexity index is 682. The van der Waals surface area contributed by atoms with Crippen molar-refractivity contribution >= 4 is 31.5 Å². The van der Waals surface area contributed by atoms with Gasteiger partial charge >= 0.3 is 0 Å². The van der Waals surface area contributed by atoms with Crippen molar-refractivity contribution < 1.29 is 8.82 Å². The minimum Gasteiger partial charge on any atom is -0.410 e. The fourth-order valence-corrected chi connectivity index (χ4v) is 9.09. The molecule has 0 N–H and O–H groups in total. The van der Waals surface area contributed by atoms with E-state index in [-0.39, 0.29) is 11.1 Å². The molecular weight excluding hydrogens is 410 g/mol. The zero-order valence-electron chi connectivity index (χ0n) is 18.0. The lowest BCUT2D eigenvalue weighted by Gasteiger charge is -2.35. The molecule has 0 radical (unpaired) electrons. The summed E-state index contributed by atoms with van der Waals surface area (Å²) in [6.07, 6.45) is 4.44. The van der Waals surface area contributed by atoms with Crippen molar-refractivity contribution in [1.82, 2.24) is 0 Å². The van der Waals surface area contributed by atoms with E-state index < -0.39 is 14.1 Å². The van der Waals surface area contributed by atoms with E-state index >= 15 is 0 Å². The number of halogens is 3. The van der Waals surface area contributed by atoms with Crippen LogP contribution in [0.4, 0.5) is 4.39 Å². The van der Waals surface area contributed by atoms with Gasteiger partial charge in [0.15, 0.2) is 8.32 Å². The third kappa shape index (κ3) is 4.19. The molecule has 1 aromatic carbocycles. The third-order valence-electron chi connectivity index (χ3n) is 8.03. The SMILES string of the molecule is CC[Si](CC)(CC)OC(CCC1C[C@@H]2[C@H](C1)C2(C)C)c1c(Cl)ccc(F)c1Cl. The quantitative estimate of drug-likeness (QED) is 0.273. The summed E-state index contributed by atoms with van der Waals surface area (Å²) in [6.45, 7) is 11.5. The maximum absolute atomic E-state index is 14.2. The summed E-state index contributed by atoms with van der Waals surface area (Å²) in [5, 5.41) is 0.664. The van der Waals surface area contributed by atoms with Crippen molar-refractivity contribution in [3.05, 3.63) is 33.6 Å². The highest BCUT2D eigenvalue weighted by Gasteiger charge is 2.61. The van der Waals surface area contributed by atoms with E-state index in [0.717, 1.165) is 48.7 Å². The number of benzene rings is 1. The normalized spacial score (nSPS) is 26.9. The van der Waals surface area contributed by atoms with Crippen molar-refractivity contribution in [3.63, 3.8) is 0 Å². The average Bonchev–Trinajstić information content (AvgIpc) is 3.01. The van der Waals surface area contributed by atoms with Gasteiger partial charge in [-0.3, -0.25) is 0 Å². The molecule has 2 unspecified atom stereocenters. The maximum Gasteiger partial charge on any atom is 0.192 e. The summed E-state index contributed by atoms with van der Waals surface area (Å²) in [6, 6.07) is 6.14. The highest BCUT2D eigenvalue weighted by molar-refractivity contribution is 6.73. The smallest absolute Gasteiger partial charge is 0.192 e. The van der Waals surface area contributed by atoms with E-state index in [0.29, 0.717) is 16.0 Å².